The second-order valence-corrected chi connectivity index (χ2v) is 1.89. The number of hydrogen-bond donors (Lipinski definition) is 1. The second kappa shape index (κ2) is 3.06. The maximum absolute atomic E-state index is 10.3. The molecule has 4 nitrogen and oxygen atoms in total. The standard InChI is InChI=1S/C5H9N2O2/c1-4(2)7(3-8)5(6)9/h4H,1-2H3,(H2,6,9). The molecule has 0 saturated heterocycles. The van der Waals surface area contributed by atoms with Crippen LogP contribution in [0.4, 0.5) is 4.79 Å². The van der Waals surface area contributed by atoms with Gasteiger partial charge in [-0.15, -0.1) is 0 Å². The first-order valence-corrected chi connectivity index (χ1v) is 2.56. The molecule has 0 unspecified atom stereocenters. The summed E-state index contributed by atoms with van der Waals surface area (Å²) >= 11 is 0. The van der Waals surface area contributed by atoms with E-state index in [0.717, 1.165) is 4.90 Å². The highest BCUT2D eigenvalue weighted by atomic mass is 16.2. The highest BCUT2D eigenvalue weighted by Crippen LogP contribution is 1.91. The van der Waals surface area contributed by atoms with Crippen molar-refractivity contribution >= 4 is 12.4 Å². The fraction of sp³-hybridized carbons (Fsp3) is 0.600. The highest BCUT2D eigenvalue weighted by Gasteiger charge is 2.11. The van der Waals surface area contributed by atoms with Crippen LogP contribution in [0.5, 0.6) is 0 Å². The molecule has 2 N–H and O–H groups in total. The fourth-order valence-corrected chi connectivity index (χ4v) is 0.405. The third-order valence-corrected chi connectivity index (χ3v) is 0.852. The summed E-state index contributed by atoms with van der Waals surface area (Å²) < 4.78 is 0. The van der Waals surface area contributed by atoms with Gasteiger partial charge in [0.1, 0.15) is 0 Å². The summed E-state index contributed by atoms with van der Waals surface area (Å²) in [6, 6.07) is -0.972. The number of nitrogens with zero attached hydrogens (tertiary/aromatic N) is 1. The van der Waals surface area contributed by atoms with Crippen molar-refractivity contribution in [2.75, 3.05) is 0 Å². The van der Waals surface area contributed by atoms with E-state index in [4.69, 9.17) is 5.73 Å². The Morgan fingerprint density at radius 2 is 2.11 bits per heavy atom. The van der Waals surface area contributed by atoms with Crippen LogP contribution in [0.1, 0.15) is 13.8 Å². The van der Waals surface area contributed by atoms with Gasteiger partial charge in [0, 0.05) is 6.04 Å². The number of rotatable bonds is 2. The second-order valence-electron chi connectivity index (χ2n) is 1.89. The number of urea groups is 1. The summed E-state index contributed by atoms with van der Waals surface area (Å²) in [6.45, 7) is 3.35. The monoisotopic (exact) mass is 129 g/mol. The number of nitrogens with two attached hydrogens (primary N) is 1. The number of hydrogen-bond acceptors (Lipinski definition) is 2. The van der Waals surface area contributed by atoms with Crippen LogP contribution in [-0.4, -0.2) is 23.4 Å². The maximum atomic E-state index is 10.3. The molecule has 0 rings (SSSR count). The number of amides is 3. The van der Waals surface area contributed by atoms with E-state index in [1.165, 1.54) is 6.41 Å². The lowest BCUT2D eigenvalue weighted by molar-refractivity contribution is 0.220. The molecular weight excluding hydrogens is 120 g/mol. The van der Waals surface area contributed by atoms with Gasteiger partial charge < -0.3 is 5.73 Å². The third kappa shape index (κ3) is 2.12. The van der Waals surface area contributed by atoms with Gasteiger partial charge in [0.25, 0.3) is 0 Å². The topological polar surface area (TPSA) is 63.4 Å². The SMILES string of the molecule is CC(C)N([C]=O)C(N)=O. The molecule has 1 radical (unpaired) electrons. The van der Waals surface area contributed by atoms with Crippen LogP contribution in [0.25, 0.3) is 0 Å². The molecule has 51 valence electrons. The molecule has 3 amide bonds. The van der Waals surface area contributed by atoms with E-state index in [1.54, 1.807) is 13.8 Å². The zero-order valence-corrected chi connectivity index (χ0v) is 5.42. The zero-order valence-electron chi connectivity index (χ0n) is 5.42. The van der Waals surface area contributed by atoms with Crippen molar-refractivity contribution in [1.29, 1.82) is 0 Å². The van der Waals surface area contributed by atoms with Gasteiger partial charge in [0.2, 0.25) is 0 Å². The average molecular weight is 129 g/mol. The van der Waals surface area contributed by atoms with Crippen LogP contribution in [0, 0.1) is 0 Å². The molecule has 0 heterocycles. The Bertz CT molecular complexity index is 122. The first kappa shape index (κ1) is 7.94. The van der Waals surface area contributed by atoms with Crippen molar-refractivity contribution in [1.82, 2.24) is 4.90 Å². The van der Waals surface area contributed by atoms with E-state index >= 15 is 0 Å². The van der Waals surface area contributed by atoms with Crippen LogP contribution in [0.3, 0.4) is 0 Å². The average Bonchev–Trinajstić information content (AvgIpc) is 1.64. The van der Waals surface area contributed by atoms with E-state index in [1.807, 2.05) is 0 Å². The van der Waals surface area contributed by atoms with Crippen molar-refractivity contribution in [3.05, 3.63) is 0 Å². The molecule has 0 saturated carbocycles. The summed E-state index contributed by atoms with van der Waals surface area (Å²) in [5, 5.41) is 0. The van der Waals surface area contributed by atoms with Gasteiger partial charge in [0.05, 0.1) is 0 Å². The molecule has 0 spiro atoms. The largest absolute Gasteiger partial charge is 0.351 e. The van der Waals surface area contributed by atoms with Gasteiger partial charge in [-0.2, -0.15) is 0 Å². The Balaban J connectivity index is 3.98. The molecule has 0 fully saturated rings. The van der Waals surface area contributed by atoms with Gasteiger partial charge in [-0.3, -0.25) is 9.69 Å². The summed E-state index contributed by atoms with van der Waals surface area (Å²) in [7, 11) is 0. The number of imide groups is 1. The number of carbonyl (C=O) groups excluding carboxylic acids is 2. The summed E-state index contributed by atoms with van der Waals surface area (Å²) in [6.07, 6.45) is 1.41. The highest BCUT2D eigenvalue weighted by molar-refractivity contribution is 5.83. The minimum Gasteiger partial charge on any atom is -0.351 e. The van der Waals surface area contributed by atoms with Crippen LogP contribution >= 0.6 is 0 Å². The third-order valence-electron chi connectivity index (χ3n) is 0.852. The molecule has 0 aromatic heterocycles. The molecule has 0 bridgehead atoms. The van der Waals surface area contributed by atoms with Crippen LogP contribution in [0.15, 0.2) is 0 Å². The Hall–Kier alpha value is -1.06. The zero-order chi connectivity index (χ0) is 7.44. The molecule has 4 heteroatoms. The van der Waals surface area contributed by atoms with E-state index in [9.17, 15) is 9.59 Å². The molecule has 0 atom stereocenters. The fourth-order valence-electron chi connectivity index (χ4n) is 0.405. The van der Waals surface area contributed by atoms with Crippen LogP contribution in [-0.2, 0) is 4.79 Å². The minimum atomic E-state index is -0.764. The normalized spacial score (nSPS) is 9.22. The lowest BCUT2D eigenvalue weighted by Gasteiger charge is -2.14. The van der Waals surface area contributed by atoms with E-state index in [-0.39, 0.29) is 6.04 Å². The molecule has 0 aliphatic carbocycles. The molecule has 9 heavy (non-hydrogen) atoms. The Morgan fingerprint density at radius 1 is 1.67 bits per heavy atom. The molecular formula is C5H9N2O2. The lowest BCUT2D eigenvalue weighted by Crippen LogP contribution is -2.39. The molecule has 0 aliphatic heterocycles. The van der Waals surface area contributed by atoms with Crippen molar-refractivity contribution in [3.8, 4) is 0 Å². The van der Waals surface area contributed by atoms with E-state index in [0.29, 0.717) is 0 Å². The van der Waals surface area contributed by atoms with Crippen LogP contribution < -0.4 is 5.73 Å². The quantitative estimate of drug-likeness (QED) is 0.526. The maximum Gasteiger partial charge on any atom is 0.322 e. The Morgan fingerprint density at radius 3 is 2.11 bits per heavy atom. The Labute approximate surface area is 53.6 Å². The van der Waals surface area contributed by atoms with Crippen molar-refractivity contribution in [2.24, 2.45) is 5.73 Å². The van der Waals surface area contributed by atoms with Gasteiger partial charge in [-0.1, -0.05) is 0 Å². The predicted octanol–water partition coefficient (Wildman–Crippen LogP) is -0.157. The van der Waals surface area contributed by atoms with Crippen molar-refractivity contribution in [3.63, 3.8) is 0 Å². The molecule has 0 aromatic rings. The van der Waals surface area contributed by atoms with Gasteiger partial charge in [0.15, 0.2) is 0 Å². The lowest BCUT2D eigenvalue weighted by atomic mass is 10.4. The number of carbonyl (C=O) groups is 1. The van der Waals surface area contributed by atoms with E-state index in [2.05, 4.69) is 0 Å². The van der Waals surface area contributed by atoms with E-state index < -0.39 is 6.03 Å². The molecule has 0 aromatic carbocycles. The number of primary amides is 1. The van der Waals surface area contributed by atoms with Crippen molar-refractivity contribution in [2.45, 2.75) is 19.9 Å². The first-order chi connectivity index (χ1) is 4.09. The Kier molecular flexibility index (Phi) is 2.70. The van der Waals surface area contributed by atoms with Gasteiger partial charge >= 0.3 is 12.4 Å². The van der Waals surface area contributed by atoms with Gasteiger partial charge in [-0.25, -0.2) is 4.79 Å². The summed E-state index contributed by atoms with van der Waals surface area (Å²) in [5.74, 6) is 0. The molecule has 0 aliphatic rings. The predicted molar refractivity (Wildman–Crippen MR) is 32.3 cm³/mol. The van der Waals surface area contributed by atoms with Crippen LogP contribution in [0.2, 0.25) is 0 Å². The summed E-state index contributed by atoms with van der Waals surface area (Å²) in [5.41, 5.74) is 4.77. The van der Waals surface area contributed by atoms with Gasteiger partial charge in [-0.05, 0) is 13.8 Å². The minimum absolute atomic E-state index is 0.208. The summed E-state index contributed by atoms with van der Waals surface area (Å²) in [4.78, 5) is 20.9. The first-order valence-electron chi connectivity index (χ1n) is 2.56. The smallest absolute Gasteiger partial charge is 0.322 e. The van der Waals surface area contributed by atoms with Crippen molar-refractivity contribution < 1.29 is 9.59 Å².